The third-order valence-corrected chi connectivity index (χ3v) is 6.84. The van der Waals surface area contributed by atoms with Crippen molar-refractivity contribution < 1.29 is 9.59 Å². The molecule has 0 saturated heterocycles. The zero-order chi connectivity index (χ0) is 19.1. The summed E-state index contributed by atoms with van der Waals surface area (Å²) in [4.78, 5) is 24.9. The zero-order valence-corrected chi connectivity index (χ0v) is 16.0. The van der Waals surface area contributed by atoms with Crippen LogP contribution in [0.4, 0.5) is 5.69 Å². The quantitative estimate of drug-likeness (QED) is 0.762. The van der Waals surface area contributed by atoms with E-state index in [0.717, 1.165) is 37.7 Å². The molecule has 0 aliphatic heterocycles. The molecular weight excluding hydrogens is 362 g/mol. The van der Waals surface area contributed by atoms with E-state index in [1.165, 1.54) is 6.42 Å². The van der Waals surface area contributed by atoms with E-state index in [1.54, 1.807) is 12.1 Å². The Labute approximate surface area is 164 Å². The van der Waals surface area contributed by atoms with Crippen LogP contribution in [0.3, 0.4) is 0 Å². The molecule has 142 valence electrons. The average molecular weight is 386 g/mol. The minimum Gasteiger partial charge on any atom is -0.347 e. The number of hydrogen-bond donors (Lipinski definition) is 2. The van der Waals surface area contributed by atoms with Gasteiger partial charge in [0.15, 0.2) is 0 Å². The largest absolute Gasteiger partial charge is 0.347 e. The molecule has 5 rings (SSSR count). The fraction of sp³-hybridized carbons (Fsp3) is 0.571. The van der Waals surface area contributed by atoms with Gasteiger partial charge in [-0.2, -0.15) is 5.26 Å². The van der Waals surface area contributed by atoms with Gasteiger partial charge in [-0.25, -0.2) is 0 Å². The zero-order valence-electron chi connectivity index (χ0n) is 15.3. The van der Waals surface area contributed by atoms with E-state index in [1.807, 2.05) is 12.1 Å². The Kier molecular flexibility index (Phi) is 4.63. The van der Waals surface area contributed by atoms with Crippen LogP contribution in [0.1, 0.15) is 44.1 Å². The lowest BCUT2D eigenvalue weighted by Gasteiger charge is -2.59. The van der Waals surface area contributed by atoms with Gasteiger partial charge in [-0.05, 0) is 68.1 Å². The van der Waals surface area contributed by atoms with Gasteiger partial charge in [-0.3, -0.25) is 9.59 Å². The van der Waals surface area contributed by atoms with Gasteiger partial charge < -0.3 is 10.6 Å². The van der Waals surface area contributed by atoms with Gasteiger partial charge in [0.05, 0.1) is 24.4 Å². The molecule has 1 aromatic carbocycles. The summed E-state index contributed by atoms with van der Waals surface area (Å²) in [5.41, 5.74) is 1.18. The number of benzene rings is 1. The maximum absolute atomic E-state index is 12.9. The minimum absolute atomic E-state index is 0.0128. The third kappa shape index (κ3) is 3.68. The van der Waals surface area contributed by atoms with Crippen LogP contribution in [0.15, 0.2) is 24.3 Å². The van der Waals surface area contributed by atoms with Gasteiger partial charge in [0.1, 0.15) is 0 Å². The van der Waals surface area contributed by atoms with Gasteiger partial charge >= 0.3 is 0 Å². The second-order valence-corrected chi connectivity index (χ2v) is 9.46. The molecule has 4 atom stereocenters. The minimum atomic E-state index is -0.384. The Morgan fingerprint density at radius 2 is 1.81 bits per heavy atom. The summed E-state index contributed by atoms with van der Waals surface area (Å²) in [5, 5.41) is 14.3. The first-order valence-corrected chi connectivity index (χ1v) is 10.0. The number of carbonyl (C=O) groups is 2. The van der Waals surface area contributed by atoms with Crippen LogP contribution in [0.5, 0.6) is 0 Å². The van der Waals surface area contributed by atoms with Gasteiger partial charge in [-0.15, -0.1) is 11.6 Å². The van der Waals surface area contributed by atoms with Gasteiger partial charge in [0, 0.05) is 10.6 Å². The number of nitriles is 1. The predicted molar refractivity (Wildman–Crippen MR) is 103 cm³/mol. The maximum Gasteiger partial charge on any atom is 0.243 e. The van der Waals surface area contributed by atoms with Crippen molar-refractivity contribution in [2.45, 2.75) is 49.8 Å². The fourth-order valence-corrected chi connectivity index (χ4v) is 6.46. The molecule has 4 saturated carbocycles. The Morgan fingerprint density at radius 3 is 2.41 bits per heavy atom. The summed E-state index contributed by atoms with van der Waals surface area (Å²) in [6, 6.07) is 9.25. The highest BCUT2D eigenvalue weighted by atomic mass is 35.5. The summed E-state index contributed by atoms with van der Waals surface area (Å²) in [7, 11) is 0. The molecule has 2 unspecified atom stereocenters. The molecule has 27 heavy (non-hydrogen) atoms. The van der Waals surface area contributed by atoms with Crippen LogP contribution in [0.2, 0.25) is 0 Å². The number of nitrogens with one attached hydrogen (secondary N) is 2. The first kappa shape index (κ1) is 18.3. The van der Waals surface area contributed by atoms with Crippen LogP contribution in [-0.4, -0.2) is 23.2 Å². The van der Waals surface area contributed by atoms with E-state index < -0.39 is 0 Å². The highest BCUT2D eigenvalue weighted by Crippen LogP contribution is 2.63. The number of halogens is 1. The number of anilines is 1. The Hall–Kier alpha value is -2.06. The van der Waals surface area contributed by atoms with E-state index in [0.29, 0.717) is 23.9 Å². The van der Waals surface area contributed by atoms with Crippen molar-refractivity contribution in [3.05, 3.63) is 29.8 Å². The molecule has 4 bridgehead atoms. The smallest absolute Gasteiger partial charge is 0.243 e. The van der Waals surface area contributed by atoms with Crippen molar-refractivity contribution in [3.63, 3.8) is 0 Å². The van der Waals surface area contributed by atoms with Crippen molar-refractivity contribution in [1.29, 1.82) is 5.26 Å². The molecular formula is C21H24ClN3O2. The molecule has 1 aromatic rings. The molecule has 4 fully saturated rings. The molecule has 2 amide bonds. The van der Waals surface area contributed by atoms with Crippen LogP contribution >= 0.6 is 11.6 Å². The molecule has 0 heterocycles. The summed E-state index contributed by atoms with van der Waals surface area (Å²) < 4.78 is 0. The van der Waals surface area contributed by atoms with E-state index in [9.17, 15) is 9.59 Å². The fourth-order valence-electron chi connectivity index (χ4n) is 5.77. The third-order valence-electron chi connectivity index (χ3n) is 6.40. The van der Waals surface area contributed by atoms with Crippen LogP contribution < -0.4 is 10.6 Å². The monoisotopic (exact) mass is 385 g/mol. The average Bonchev–Trinajstić information content (AvgIpc) is 2.59. The second-order valence-electron chi connectivity index (χ2n) is 8.65. The lowest BCUT2D eigenvalue weighted by atomic mass is 9.49. The number of amides is 2. The summed E-state index contributed by atoms with van der Waals surface area (Å²) in [6.07, 6.45) is 6.16. The molecule has 0 radical (unpaired) electrons. The molecule has 6 heteroatoms. The van der Waals surface area contributed by atoms with Crippen molar-refractivity contribution in [1.82, 2.24) is 5.32 Å². The van der Waals surface area contributed by atoms with Gasteiger partial charge in [0.25, 0.3) is 0 Å². The topological polar surface area (TPSA) is 82.0 Å². The van der Waals surface area contributed by atoms with Crippen molar-refractivity contribution in [2.75, 3.05) is 11.9 Å². The van der Waals surface area contributed by atoms with Crippen LogP contribution in [-0.2, 0) is 16.0 Å². The molecule has 4 aliphatic rings. The molecule has 5 nitrogen and oxygen atoms in total. The SMILES string of the molecule is N#CCc1ccc(NC(=O)CNC(=O)C23C[C@@H]4C[C@@H](CC(Cl)(C4)C2)C3)cc1. The second kappa shape index (κ2) is 6.83. The van der Waals surface area contributed by atoms with Crippen molar-refractivity contribution >= 4 is 29.1 Å². The summed E-state index contributed by atoms with van der Waals surface area (Å²) >= 11 is 6.79. The summed E-state index contributed by atoms with van der Waals surface area (Å²) in [5.74, 6) is 0.841. The Balaban J connectivity index is 1.33. The standard InChI is InChI=1S/C21H24ClN3O2/c22-21-10-15-7-16(11-21)9-20(8-15,13-21)19(27)24-12-18(26)25-17-3-1-14(2-4-17)5-6-23/h1-4,15-16H,5,7-13H2,(H,24,27)(H,25,26)/t15-,16+,20?,21?. The van der Waals surface area contributed by atoms with E-state index in [-0.39, 0.29) is 28.6 Å². The van der Waals surface area contributed by atoms with Crippen molar-refractivity contribution in [2.24, 2.45) is 17.3 Å². The highest BCUT2D eigenvalue weighted by molar-refractivity contribution is 6.24. The van der Waals surface area contributed by atoms with E-state index in [2.05, 4.69) is 16.7 Å². The van der Waals surface area contributed by atoms with Gasteiger partial charge in [0.2, 0.25) is 11.8 Å². The lowest BCUT2D eigenvalue weighted by molar-refractivity contribution is -0.145. The first-order chi connectivity index (χ1) is 12.9. The van der Waals surface area contributed by atoms with Gasteiger partial charge in [-0.1, -0.05) is 12.1 Å². The Bertz CT molecular complexity index is 785. The van der Waals surface area contributed by atoms with Crippen molar-refractivity contribution in [3.8, 4) is 6.07 Å². The molecule has 0 aromatic heterocycles. The number of rotatable bonds is 5. The summed E-state index contributed by atoms with van der Waals surface area (Å²) in [6.45, 7) is -0.0366. The Morgan fingerprint density at radius 1 is 1.15 bits per heavy atom. The highest BCUT2D eigenvalue weighted by Gasteiger charge is 2.60. The van der Waals surface area contributed by atoms with E-state index >= 15 is 0 Å². The van der Waals surface area contributed by atoms with E-state index in [4.69, 9.17) is 16.9 Å². The number of hydrogen-bond acceptors (Lipinski definition) is 3. The number of alkyl halides is 1. The molecule has 0 spiro atoms. The maximum atomic E-state index is 12.9. The molecule has 2 N–H and O–H groups in total. The predicted octanol–water partition coefficient (Wildman–Crippen LogP) is 3.39. The number of carbonyl (C=O) groups excluding carboxylic acids is 2. The number of nitrogens with zero attached hydrogens (tertiary/aromatic N) is 1. The lowest BCUT2D eigenvalue weighted by Crippen LogP contribution is -2.58. The molecule has 4 aliphatic carbocycles. The normalized spacial score (nSPS) is 33.3. The van der Waals surface area contributed by atoms with Crippen LogP contribution in [0, 0.1) is 28.6 Å². The van der Waals surface area contributed by atoms with Crippen LogP contribution in [0.25, 0.3) is 0 Å². The first-order valence-electron chi connectivity index (χ1n) is 9.63.